The molecule has 1 N–H and O–H groups in total. The fraction of sp³-hybridized carbons (Fsp3) is 0.150. The van der Waals surface area contributed by atoms with Gasteiger partial charge in [-0.15, -0.1) is 11.3 Å². The van der Waals surface area contributed by atoms with E-state index in [-0.39, 0.29) is 5.71 Å². The number of rotatable bonds is 5. The van der Waals surface area contributed by atoms with Crippen molar-refractivity contribution in [2.75, 3.05) is 12.5 Å². The average molecular weight is 362 g/mol. The Hall–Kier alpha value is -3.17. The molecule has 0 fully saturated rings. The number of ether oxygens (including phenoxy) is 1. The first kappa shape index (κ1) is 17.6. The van der Waals surface area contributed by atoms with Gasteiger partial charge in [0.1, 0.15) is 11.8 Å². The predicted octanol–water partition coefficient (Wildman–Crippen LogP) is 4.78. The molecule has 0 aliphatic carbocycles. The zero-order chi connectivity index (χ0) is 18.5. The first-order valence-electron chi connectivity index (χ1n) is 8.02. The number of hydrazone groups is 1. The van der Waals surface area contributed by atoms with Crippen molar-refractivity contribution in [3.05, 3.63) is 64.0 Å². The van der Waals surface area contributed by atoms with E-state index in [0.29, 0.717) is 5.01 Å². The Morgan fingerprint density at radius 2 is 2.04 bits per heavy atom. The van der Waals surface area contributed by atoms with Crippen molar-refractivity contribution < 1.29 is 4.74 Å². The summed E-state index contributed by atoms with van der Waals surface area (Å²) in [6.07, 6.45) is 0. The molecule has 3 rings (SSSR count). The van der Waals surface area contributed by atoms with E-state index in [4.69, 9.17) is 4.74 Å². The lowest BCUT2D eigenvalue weighted by atomic mass is 10.1. The number of benzene rings is 2. The first-order chi connectivity index (χ1) is 12.6. The summed E-state index contributed by atoms with van der Waals surface area (Å²) in [5, 5.41) is 16.1. The van der Waals surface area contributed by atoms with Crippen molar-refractivity contribution in [3.8, 4) is 23.1 Å². The molecule has 130 valence electrons. The molecule has 0 aliphatic rings. The Labute approximate surface area is 156 Å². The highest BCUT2D eigenvalue weighted by Crippen LogP contribution is 2.25. The first-order valence-corrected chi connectivity index (χ1v) is 8.90. The number of aromatic nitrogens is 1. The molecule has 3 aromatic rings. The lowest BCUT2D eigenvalue weighted by Gasteiger charge is -2.04. The lowest BCUT2D eigenvalue weighted by Crippen LogP contribution is -2.01. The van der Waals surface area contributed by atoms with Crippen LogP contribution in [0.3, 0.4) is 0 Å². The molecular weight excluding hydrogens is 344 g/mol. The molecule has 0 unspecified atom stereocenters. The molecule has 5 nitrogen and oxygen atoms in total. The topological polar surface area (TPSA) is 70.3 Å². The second-order valence-electron chi connectivity index (χ2n) is 5.75. The van der Waals surface area contributed by atoms with Crippen molar-refractivity contribution in [1.82, 2.24) is 4.98 Å². The predicted molar refractivity (Wildman–Crippen MR) is 106 cm³/mol. The summed E-state index contributed by atoms with van der Waals surface area (Å²) in [5.74, 6) is 0.766. The number of thiazole rings is 1. The van der Waals surface area contributed by atoms with Crippen LogP contribution in [0.1, 0.15) is 16.1 Å². The van der Waals surface area contributed by atoms with Crippen LogP contribution in [0.4, 0.5) is 5.69 Å². The van der Waals surface area contributed by atoms with E-state index in [1.165, 1.54) is 22.5 Å². The van der Waals surface area contributed by atoms with Gasteiger partial charge < -0.3 is 4.74 Å². The van der Waals surface area contributed by atoms with E-state index >= 15 is 0 Å². The van der Waals surface area contributed by atoms with Crippen LogP contribution in [0.25, 0.3) is 11.3 Å². The average Bonchev–Trinajstić information content (AvgIpc) is 3.15. The van der Waals surface area contributed by atoms with Crippen LogP contribution in [-0.4, -0.2) is 17.8 Å². The van der Waals surface area contributed by atoms with Gasteiger partial charge in [-0.3, -0.25) is 5.43 Å². The van der Waals surface area contributed by atoms with Crippen molar-refractivity contribution >= 4 is 22.7 Å². The van der Waals surface area contributed by atoms with Crippen LogP contribution in [0.5, 0.6) is 5.75 Å². The zero-order valence-electron chi connectivity index (χ0n) is 14.8. The Balaban J connectivity index is 1.83. The van der Waals surface area contributed by atoms with Gasteiger partial charge in [0.15, 0.2) is 10.7 Å². The number of nitriles is 1. The van der Waals surface area contributed by atoms with Crippen molar-refractivity contribution in [2.24, 2.45) is 5.10 Å². The van der Waals surface area contributed by atoms with Gasteiger partial charge >= 0.3 is 0 Å². The van der Waals surface area contributed by atoms with Gasteiger partial charge in [-0.25, -0.2) is 4.98 Å². The number of hydrogen-bond acceptors (Lipinski definition) is 6. The van der Waals surface area contributed by atoms with Crippen LogP contribution in [-0.2, 0) is 0 Å². The minimum atomic E-state index is 0.252. The summed E-state index contributed by atoms with van der Waals surface area (Å²) in [6, 6.07) is 15.7. The summed E-state index contributed by atoms with van der Waals surface area (Å²) in [6.45, 7) is 4.09. The zero-order valence-corrected chi connectivity index (χ0v) is 15.6. The van der Waals surface area contributed by atoms with E-state index in [1.54, 1.807) is 7.11 Å². The molecule has 0 atom stereocenters. The smallest absolute Gasteiger partial charge is 0.196 e. The van der Waals surface area contributed by atoms with E-state index in [9.17, 15) is 5.26 Å². The molecule has 6 heteroatoms. The third-order valence-corrected chi connectivity index (χ3v) is 4.83. The lowest BCUT2D eigenvalue weighted by molar-refractivity contribution is 0.415. The normalized spacial score (nSPS) is 11.1. The van der Waals surface area contributed by atoms with Crippen LogP contribution in [0, 0.1) is 25.2 Å². The molecule has 0 radical (unpaired) electrons. The number of nitrogens with one attached hydrogen (secondary N) is 1. The number of anilines is 1. The van der Waals surface area contributed by atoms with E-state index in [2.05, 4.69) is 28.5 Å². The van der Waals surface area contributed by atoms with Crippen molar-refractivity contribution in [1.29, 1.82) is 5.26 Å². The monoisotopic (exact) mass is 362 g/mol. The molecule has 0 amide bonds. The Morgan fingerprint density at radius 1 is 1.19 bits per heavy atom. The SMILES string of the molecule is COc1cccc(-c2csc(/C(C#N)=N/Nc3ccc(C)c(C)c3)n2)c1. The minimum absolute atomic E-state index is 0.252. The second kappa shape index (κ2) is 7.81. The molecule has 2 aromatic carbocycles. The van der Waals surface area contributed by atoms with Crippen LogP contribution in [0.2, 0.25) is 0 Å². The van der Waals surface area contributed by atoms with E-state index in [1.807, 2.05) is 54.8 Å². The van der Waals surface area contributed by atoms with Crippen molar-refractivity contribution in [3.63, 3.8) is 0 Å². The van der Waals surface area contributed by atoms with Gasteiger partial charge in [-0.1, -0.05) is 18.2 Å². The third kappa shape index (κ3) is 3.90. The molecular formula is C20H18N4OS. The number of hydrogen-bond donors (Lipinski definition) is 1. The number of nitrogens with zero attached hydrogens (tertiary/aromatic N) is 3. The second-order valence-corrected chi connectivity index (χ2v) is 6.61. The molecule has 0 saturated carbocycles. The van der Waals surface area contributed by atoms with Crippen molar-refractivity contribution in [2.45, 2.75) is 13.8 Å². The largest absolute Gasteiger partial charge is 0.497 e. The van der Waals surface area contributed by atoms with Gasteiger partial charge in [0, 0.05) is 10.9 Å². The van der Waals surface area contributed by atoms with Crippen LogP contribution in [0.15, 0.2) is 52.9 Å². The van der Waals surface area contributed by atoms with Gasteiger partial charge in [0.2, 0.25) is 0 Å². The highest BCUT2D eigenvalue weighted by molar-refractivity contribution is 7.12. The summed E-state index contributed by atoms with van der Waals surface area (Å²) in [4.78, 5) is 4.54. The fourth-order valence-corrected chi connectivity index (χ4v) is 3.12. The maximum atomic E-state index is 9.44. The molecule has 0 bridgehead atoms. The Morgan fingerprint density at radius 3 is 2.77 bits per heavy atom. The van der Waals surface area contributed by atoms with Gasteiger partial charge in [0.05, 0.1) is 18.5 Å². The Kier molecular flexibility index (Phi) is 5.30. The third-order valence-electron chi connectivity index (χ3n) is 3.98. The maximum Gasteiger partial charge on any atom is 0.196 e. The highest BCUT2D eigenvalue weighted by atomic mass is 32.1. The van der Waals surface area contributed by atoms with Gasteiger partial charge in [0.25, 0.3) is 0 Å². The van der Waals surface area contributed by atoms with E-state index in [0.717, 1.165) is 22.7 Å². The van der Waals surface area contributed by atoms with Gasteiger partial charge in [-0.05, 0) is 49.2 Å². The summed E-state index contributed by atoms with van der Waals surface area (Å²) < 4.78 is 5.25. The summed E-state index contributed by atoms with van der Waals surface area (Å²) in [5.41, 5.74) is 8.13. The van der Waals surface area contributed by atoms with E-state index < -0.39 is 0 Å². The summed E-state index contributed by atoms with van der Waals surface area (Å²) in [7, 11) is 1.63. The molecule has 1 heterocycles. The quantitative estimate of drug-likeness (QED) is 0.524. The molecule has 26 heavy (non-hydrogen) atoms. The molecule has 0 aliphatic heterocycles. The Bertz CT molecular complexity index is 1000. The van der Waals surface area contributed by atoms with Gasteiger partial charge in [-0.2, -0.15) is 10.4 Å². The highest BCUT2D eigenvalue weighted by Gasteiger charge is 2.11. The standard InChI is InChI=1S/C20H18N4OS/c1-13-7-8-16(9-14(13)2)23-24-18(11-21)20-22-19(12-26-20)15-5-4-6-17(10-15)25-3/h4-10,12,23H,1-3H3/b24-18+. The van der Waals surface area contributed by atoms with Crippen LogP contribution >= 0.6 is 11.3 Å². The number of methoxy groups -OCH3 is 1. The summed E-state index contributed by atoms with van der Waals surface area (Å²) >= 11 is 1.39. The fourth-order valence-electron chi connectivity index (χ4n) is 2.35. The van der Waals surface area contributed by atoms with Crippen LogP contribution < -0.4 is 10.2 Å². The number of aryl methyl sites for hydroxylation is 2. The molecule has 0 saturated heterocycles. The molecule has 0 spiro atoms. The minimum Gasteiger partial charge on any atom is -0.497 e. The molecule has 1 aromatic heterocycles. The maximum absolute atomic E-state index is 9.44.